The van der Waals surface area contributed by atoms with Gasteiger partial charge in [-0.2, -0.15) is 0 Å². The van der Waals surface area contributed by atoms with Crippen LogP contribution in [0, 0.1) is 11.8 Å². The van der Waals surface area contributed by atoms with E-state index >= 15 is 0 Å². The van der Waals surface area contributed by atoms with Gasteiger partial charge in [-0.1, -0.05) is 13.8 Å². The smallest absolute Gasteiger partial charge is 0.166 e. The van der Waals surface area contributed by atoms with Gasteiger partial charge in [-0.3, -0.25) is 4.90 Å². The van der Waals surface area contributed by atoms with Crippen molar-refractivity contribution in [2.24, 2.45) is 11.8 Å². The Morgan fingerprint density at radius 3 is 2.84 bits per heavy atom. The molecule has 1 aromatic heterocycles. The summed E-state index contributed by atoms with van der Waals surface area (Å²) < 4.78 is 5.32. The largest absolute Gasteiger partial charge is 0.467 e. The van der Waals surface area contributed by atoms with E-state index in [0.717, 1.165) is 29.3 Å². The Hall–Kier alpha value is -1.11. The SMILES string of the molecule is CCN(CC)C[C@@H]1CN2CC[C@H]1C[C@@H]2CNC(=S)NCc1ccco1. The van der Waals surface area contributed by atoms with E-state index in [9.17, 15) is 0 Å². The molecule has 0 spiro atoms. The molecule has 3 saturated heterocycles. The molecular formula is C19H32N4OS. The zero-order valence-corrected chi connectivity index (χ0v) is 16.4. The summed E-state index contributed by atoms with van der Waals surface area (Å²) in [6.45, 7) is 12.2. The van der Waals surface area contributed by atoms with Crippen LogP contribution < -0.4 is 10.6 Å². The minimum Gasteiger partial charge on any atom is -0.467 e. The van der Waals surface area contributed by atoms with Crippen molar-refractivity contribution in [3.05, 3.63) is 24.2 Å². The van der Waals surface area contributed by atoms with E-state index < -0.39 is 0 Å². The maximum atomic E-state index is 5.40. The Morgan fingerprint density at radius 2 is 2.20 bits per heavy atom. The van der Waals surface area contributed by atoms with Crippen molar-refractivity contribution in [3.8, 4) is 0 Å². The molecule has 0 aliphatic carbocycles. The molecule has 1 unspecified atom stereocenters. The first-order chi connectivity index (χ1) is 12.2. The average molecular weight is 365 g/mol. The van der Waals surface area contributed by atoms with Crippen LogP contribution in [0.15, 0.2) is 22.8 Å². The van der Waals surface area contributed by atoms with Gasteiger partial charge in [0.05, 0.1) is 12.8 Å². The van der Waals surface area contributed by atoms with Crippen molar-refractivity contribution in [2.75, 3.05) is 39.3 Å². The normalized spacial score (nSPS) is 28.3. The number of rotatable bonds is 8. The lowest BCUT2D eigenvalue weighted by atomic mass is 9.75. The van der Waals surface area contributed by atoms with Crippen LogP contribution in [-0.2, 0) is 6.54 Å². The van der Waals surface area contributed by atoms with E-state index in [2.05, 4.69) is 34.3 Å². The van der Waals surface area contributed by atoms with Crippen molar-refractivity contribution in [1.82, 2.24) is 20.4 Å². The first-order valence-corrected chi connectivity index (χ1v) is 10.1. The molecule has 140 valence electrons. The minimum absolute atomic E-state index is 0.620. The fraction of sp³-hybridized carbons (Fsp3) is 0.737. The lowest BCUT2D eigenvalue weighted by Gasteiger charge is -2.51. The number of hydrogen-bond donors (Lipinski definition) is 2. The molecule has 3 fully saturated rings. The predicted molar refractivity (Wildman–Crippen MR) is 106 cm³/mol. The van der Waals surface area contributed by atoms with E-state index in [-0.39, 0.29) is 0 Å². The highest BCUT2D eigenvalue weighted by atomic mass is 32.1. The van der Waals surface area contributed by atoms with Gasteiger partial charge in [0.15, 0.2) is 5.11 Å². The fourth-order valence-electron chi connectivity index (χ4n) is 4.34. The maximum absolute atomic E-state index is 5.40. The van der Waals surface area contributed by atoms with Crippen molar-refractivity contribution in [2.45, 2.75) is 39.3 Å². The van der Waals surface area contributed by atoms with Gasteiger partial charge in [0.2, 0.25) is 0 Å². The number of piperidine rings is 3. The molecule has 4 atom stereocenters. The number of hydrogen-bond acceptors (Lipinski definition) is 4. The second kappa shape index (κ2) is 9.01. The van der Waals surface area contributed by atoms with Crippen molar-refractivity contribution in [1.29, 1.82) is 0 Å². The molecule has 2 N–H and O–H groups in total. The molecule has 6 heteroatoms. The Balaban J connectivity index is 1.40. The van der Waals surface area contributed by atoms with Crippen molar-refractivity contribution >= 4 is 17.3 Å². The summed E-state index contributed by atoms with van der Waals surface area (Å²) in [6.07, 6.45) is 4.36. The molecule has 0 amide bonds. The number of nitrogens with zero attached hydrogens (tertiary/aromatic N) is 2. The summed E-state index contributed by atoms with van der Waals surface area (Å²) in [5, 5.41) is 7.35. The van der Waals surface area contributed by atoms with Gasteiger partial charge < -0.3 is 20.0 Å². The summed E-state index contributed by atoms with van der Waals surface area (Å²) in [7, 11) is 0. The van der Waals surface area contributed by atoms with E-state index in [1.54, 1.807) is 6.26 Å². The summed E-state index contributed by atoms with van der Waals surface area (Å²) in [5.41, 5.74) is 0. The van der Waals surface area contributed by atoms with Crippen LogP contribution in [0.3, 0.4) is 0 Å². The number of nitrogens with one attached hydrogen (secondary N) is 2. The molecule has 4 heterocycles. The van der Waals surface area contributed by atoms with Gasteiger partial charge in [-0.25, -0.2) is 0 Å². The third-order valence-corrected chi connectivity index (χ3v) is 6.19. The number of furan rings is 1. The van der Waals surface area contributed by atoms with E-state index in [1.165, 1.54) is 45.6 Å². The van der Waals surface area contributed by atoms with Gasteiger partial charge in [0, 0.05) is 25.7 Å². The van der Waals surface area contributed by atoms with Crippen LogP contribution in [0.25, 0.3) is 0 Å². The Morgan fingerprint density at radius 1 is 1.36 bits per heavy atom. The van der Waals surface area contributed by atoms with Crippen LogP contribution in [0.4, 0.5) is 0 Å². The molecule has 5 nitrogen and oxygen atoms in total. The summed E-state index contributed by atoms with van der Waals surface area (Å²) in [4.78, 5) is 5.25. The van der Waals surface area contributed by atoms with E-state index in [0.29, 0.717) is 12.6 Å². The monoisotopic (exact) mass is 364 g/mol. The van der Waals surface area contributed by atoms with Crippen LogP contribution in [0.1, 0.15) is 32.4 Å². The quantitative estimate of drug-likeness (QED) is 0.690. The molecule has 0 radical (unpaired) electrons. The number of fused-ring (bicyclic) bond motifs is 3. The molecular weight excluding hydrogens is 332 g/mol. The summed E-state index contributed by atoms with van der Waals surface area (Å²) in [5.74, 6) is 2.62. The lowest BCUT2D eigenvalue weighted by molar-refractivity contribution is -0.00939. The molecule has 3 aliphatic heterocycles. The topological polar surface area (TPSA) is 43.7 Å². The molecule has 0 saturated carbocycles. The first-order valence-electron chi connectivity index (χ1n) is 9.70. The van der Waals surface area contributed by atoms with Gasteiger partial charge in [-0.15, -0.1) is 0 Å². The lowest BCUT2D eigenvalue weighted by Crippen LogP contribution is -2.58. The molecule has 2 bridgehead atoms. The second-order valence-corrected chi connectivity index (χ2v) is 7.73. The highest BCUT2D eigenvalue weighted by Gasteiger charge is 2.40. The Labute approximate surface area is 157 Å². The van der Waals surface area contributed by atoms with Crippen LogP contribution in [-0.4, -0.2) is 60.2 Å². The maximum Gasteiger partial charge on any atom is 0.166 e. The van der Waals surface area contributed by atoms with E-state index in [4.69, 9.17) is 16.6 Å². The van der Waals surface area contributed by atoms with Crippen LogP contribution in [0.5, 0.6) is 0 Å². The minimum atomic E-state index is 0.620. The molecule has 1 aromatic rings. The molecule has 25 heavy (non-hydrogen) atoms. The zero-order valence-electron chi connectivity index (χ0n) is 15.5. The standard InChI is InChI=1S/C19H32N4OS/c1-3-22(4-2)13-16-14-23-8-7-15(16)10-17(23)11-20-19(25)21-12-18-6-5-9-24-18/h5-6,9,15-17H,3-4,7-8,10-14H2,1-2H3,(H2,20,21,25)/t15-,16+,17+/m0/s1. The van der Waals surface area contributed by atoms with Gasteiger partial charge in [0.25, 0.3) is 0 Å². The molecule has 3 aliphatic rings. The summed E-state index contributed by atoms with van der Waals surface area (Å²) in [6, 6.07) is 4.47. The van der Waals surface area contributed by atoms with Crippen LogP contribution >= 0.6 is 12.2 Å². The number of thiocarbonyl (C=S) groups is 1. The second-order valence-electron chi connectivity index (χ2n) is 7.32. The first kappa shape index (κ1) is 18.7. The highest BCUT2D eigenvalue weighted by Crippen LogP contribution is 2.36. The van der Waals surface area contributed by atoms with Gasteiger partial charge in [-0.05, 0) is 68.7 Å². The zero-order chi connectivity index (χ0) is 17.6. The highest BCUT2D eigenvalue weighted by molar-refractivity contribution is 7.80. The average Bonchev–Trinajstić information content (AvgIpc) is 3.17. The predicted octanol–water partition coefficient (Wildman–Crippen LogP) is 2.30. The fourth-order valence-corrected chi connectivity index (χ4v) is 4.49. The van der Waals surface area contributed by atoms with Gasteiger partial charge >= 0.3 is 0 Å². The third-order valence-electron chi connectivity index (χ3n) is 5.90. The third kappa shape index (κ3) is 4.96. The molecule has 4 rings (SSSR count). The van der Waals surface area contributed by atoms with Crippen molar-refractivity contribution in [3.63, 3.8) is 0 Å². The van der Waals surface area contributed by atoms with Crippen molar-refractivity contribution < 1.29 is 4.42 Å². The summed E-state index contributed by atoms with van der Waals surface area (Å²) >= 11 is 5.40. The molecule has 0 aromatic carbocycles. The van der Waals surface area contributed by atoms with Gasteiger partial charge in [0.1, 0.15) is 5.76 Å². The van der Waals surface area contributed by atoms with Crippen LogP contribution in [0.2, 0.25) is 0 Å². The Kier molecular flexibility index (Phi) is 6.73. The van der Waals surface area contributed by atoms with E-state index in [1.807, 2.05) is 12.1 Å². The Bertz CT molecular complexity index is 532.